The molecule has 0 amide bonds. The van der Waals surface area contributed by atoms with E-state index >= 15 is 0 Å². The van der Waals surface area contributed by atoms with Gasteiger partial charge >= 0.3 is 11.9 Å². The molecule has 0 spiro atoms. The summed E-state index contributed by atoms with van der Waals surface area (Å²) in [7, 11) is 0. The van der Waals surface area contributed by atoms with Crippen LogP contribution >= 0.6 is 15.9 Å². The Morgan fingerprint density at radius 3 is 2.39 bits per heavy atom. The van der Waals surface area contributed by atoms with Crippen LogP contribution in [0.1, 0.15) is 38.1 Å². The quantitative estimate of drug-likeness (QED) is 0.365. The van der Waals surface area contributed by atoms with Crippen molar-refractivity contribution >= 4 is 38.8 Å². The summed E-state index contributed by atoms with van der Waals surface area (Å²) in [5.41, 5.74) is 0.892. The number of ether oxygens (including phenoxy) is 2. The lowest BCUT2D eigenvalue weighted by molar-refractivity contribution is -0.143. The molecule has 0 aliphatic heterocycles. The SMILES string of the molecule is CCOC(=O)c1c(-c2ccccc2)oc2cc(Br)c(OC(=O)C(C)(C)C)cc12. The zero-order valence-electron chi connectivity index (χ0n) is 16.2. The first-order valence-corrected chi connectivity index (χ1v) is 9.72. The lowest BCUT2D eigenvalue weighted by Gasteiger charge is -2.17. The van der Waals surface area contributed by atoms with Crippen LogP contribution in [0.2, 0.25) is 0 Å². The highest BCUT2D eigenvalue weighted by Gasteiger charge is 2.27. The molecule has 0 aliphatic rings. The van der Waals surface area contributed by atoms with E-state index in [0.29, 0.717) is 32.5 Å². The number of carbonyl (C=O) groups is 2. The van der Waals surface area contributed by atoms with Gasteiger partial charge in [-0.15, -0.1) is 0 Å². The average Bonchev–Trinajstić information content (AvgIpc) is 3.00. The number of hydrogen-bond acceptors (Lipinski definition) is 5. The third-order valence-electron chi connectivity index (χ3n) is 4.07. The topological polar surface area (TPSA) is 65.7 Å². The van der Waals surface area contributed by atoms with Crippen LogP contribution < -0.4 is 4.74 Å². The summed E-state index contributed by atoms with van der Waals surface area (Å²) in [5, 5.41) is 0.525. The van der Waals surface area contributed by atoms with Crippen molar-refractivity contribution in [2.24, 2.45) is 5.41 Å². The van der Waals surface area contributed by atoms with E-state index < -0.39 is 11.4 Å². The summed E-state index contributed by atoms with van der Waals surface area (Å²) in [5.74, 6) is -0.133. The average molecular weight is 445 g/mol. The van der Waals surface area contributed by atoms with Gasteiger partial charge in [0, 0.05) is 10.9 Å². The van der Waals surface area contributed by atoms with Crippen LogP contribution in [-0.2, 0) is 9.53 Å². The molecule has 6 heteroatoms. The van der Waals surface area contributed by atoms with Crippen LogP contribution in [0.4, 0.5) is 0 Å². The van der Waals surface area contributed by atoms with Gasteiger partial charge in [-0.25, -0.2) is 4.79 Å². The van der Waals surface area contributed by atoms with Crippen molar-refractivity contribution in [3.63, 3.8) is 0 Å². The first kappa shape index (κ1) is 20.1. The minimum Gasteiger partial charge on any atom is -0.462 e. The molecule has 1 aromatic heterocycles. The molecule has 0 atom stereocenters. The summed E-state index contributed by atoms with van der Waals surface area (Å²) in [6.45, 7) is 7.31. The van der Waals surface area contributed by atoms with Crippen LogP contribution in [0.3, 0.4) is 0 Å². The van der Waals surface area contributed by atoms with Crippen molar-refractivity contribution in [1.82, 2.24) is 0 Å². The van der Waals surface area contributed by atoms with E-state index in [0.717, 1.165) is 5.56 Å². The highest BCUT2D eigenvalue weighted by molar-refractivity contribution is 9.10. The zero-order chi connectivity index (χ0) is 20.5. The molecule has 28 heavy (non-hydrogen) atoms. The number of benzene rings is 2. The van der Waals surface area contributed by atoms with E-state index in [1.165, 1.54) is 0 Å². The highest BCUT2D eigenvalue weighted by atomic mass is 79.9. The van der Waals surface area contributed by atoms with Gasteiger partial charge in [-0.1, -0.05) is 30.3 Å². The summed E-state index contributed by atoms with van der Waals surface area (Å²) in [6.07, 6.45) is 0. The molecule has 3 aromatic rings. The third-order valence-corrected chi connectivity index (χ3v) is 4.69. The summed E-state index contributed by atoms with van der Waals surface area (Å²) < 4.78 is 17.3. The largest absolute Gasteiger partial charge is 0.462 e. The Bertz CT molecular complexity index is 1030. The summed E-state index contributed by atoms with van der Waals surface area (Å²) in [6, 6.07) is 12.7. The number of furan rings is 1. The van der Waals surface area contributed by atoms with Gasteiger partial charge in [0.1, 0.15) is 22.7 Å². The fourth-order valence-electron chi connectivity index (χ4n) is 2.63. The molecule has 0 saturated carbocycles. The van der Waals surface area contributed by atoms with Gasteiger partial charge in [-0.05, 0) is 55.8 Å². The number of fused-ring (bicyclic) bond motifs is 1. The fourth-order valence-corrected chi connectivity index (χ4v) is 3.03. The smallest absolute Gasteiger partial charge is 0.342 e. The number of esters is 2. The van der Waals surface area contributed by atoms with Crippen molar-refractivity contribution < 1.29 is 23.5 Å². The van der Waals surface area contributed by atoms with Crippen molar-refractivity contribution in [3.05, 3.63) is 52.5 Å². The van der Waals surface area contributed by atoms with E-state index in [4.69, 9.17) is 13.9 Å². The minimum atomic E-state index is -0.663. The van der Waals surface area contributed by atoms with Gasteiger partial charge in [0.2, 0.25) is 0 Å². The zero-order valence-corrected chi connectivity index (χ0v) is 17.8. The molecule has 0 N–H and O–H groups in total. The normalized spacial score (nSPS) is 11.5. The number of hydrogen-bond donors (Lipinski definition) is 0. The monoisotopic (exact) mass is 444 g/mol. The first-order chi connectivity index (χ1) is 13.2. The number of halogens is 1. The highest BCUT2D eigenvalue weighted by Crippen LogP contribution is 2.39. The maximum Gasteiger partial charge on any atom is 0.342 e. The molecule has 5 nitrogen and oxygen atoms in total. The van der Waals surface area contributed by atoms with Gasteiger partial charge < -0.3 is 13.9 Å². The lowest BCUT2D eigenvalue weighted by Crippen LogP contribution is -2.25. The van der Waals surface area contributed by atoms with Crippen molar-refractivity contribution in [2.75, 3.05) is 6.61 Å². The van der Waals surface area contributed by atoms with Crippen molar-refractivity contribution in [2.45, 2.75) is 27.7 Å². The molecule has 0 saturated heterocycles. The van der Waals surface area contributed by atoms with Crippen LogP contribution in [0.25, 0.3) is 22.3 Å². The number of rotatable bonds is 4. The molecule has 0 unspecified atom stereocenters. The Balaban J connectivity index is 2.19. The Morgan fingerprint density at radius 2 is 1.79 bits per heavy atom. The van der Waals surface area contributed by atoms with Crippen LogP contribution in [0, 0.1) is 5.41 Å². The maximum atomic E-state index is 12.7. The molecule has 0 radical (unpaired) electrons. The predicted octanol–water partition coefficient (Wildman–Crippen LogP) is 5.99. The van der Waals surface area contributed by atoms with Crippen molar-refractivity contribution in [1.29, 1.82) is 0 Å². The minimum absolute atomic E-state index is 0.238. The van der Waals surface area contributed by atoms with E-state index in [1.807, 2.05) is 30.3 Å². The molecule has 3 rings (SSSR count). The molecule has 2 aromatic carbocycles. The van der Waals surface area contributed by atoms with E-state index in [1.54, 1.807) is 39.8 Å². The molecular formula is C22H21BrO5. The summed E-state index contributed by atoms with van der Waals surface area (Å²) in [4.78, 5) is 25.0. The van der Waals surface area contributed by atoms with Gasteiger partial charge in [0.15, 0.2) is 0 Å². The predicted molar refractivity (Wildman–Crippen MR) is 110 cm³/mol. The van der Waals surface area contributed by atoms with Crippen molar-refractivity contribution in [3.8, 4) is 17.1 Å². The Kier molecular flexibility index (Phi) is 5.61. The van der Waals surface area contributed by atoms with E-state index in [9.17, 15) is 9.59 Å². The second kappa shape index (κ2) is 7.80. The summed E-state index contributed by atoms with van der Waals surface area (Å²) >= 11 is 3.42. The first-order valence-electron chi connectivity index (χ1n) is 8.93. The number of carbonyl (C=O) groups excluding carboxylic acids is 2. The molecule has 0 fully saturated rings. The van der Waals surface area contributed by atoms with E-state index in [-0.39, 0.29) is 12.6 Å². The Morgan fingerprint density at radius 1 is 1.11 bits per heavy atom. The lowest BCUT2D eigenvalue weighted by atomic mass is 9.97. The fraction of sp³-hybridized carbons (Fsp3) is 0.273. The maximum absolute atomic E-state index is 12.7. The Hall–Kier alpha value is -2.60. The van der Waals surface area contributed by atoms with E-state index in [2.05, 4.69) is 15.9 Å². The molecule has 146 valence electrons. The standard InChI is InChI=1S/C22H21BrO5/c1-5-26-20(24)18-14-11-17(28-21(25)22(2,3)4)15(23)12-16(14)27-19(18)13-9-7-6-8-10-13/h6-12H,5H2,1-4H3. The molecule has 0 bridgehead atoms. The van der Waals surface area contributed by atoms with Crippen LogP contribution in [-0.4, -0.2) is 18.5 Å². The van der Waals surface area contributed by atoms with Gasteiger partial charge in [-0.3, -0.25) is 4.79 Å². The molecule has 1 heterocycles. The van der Waals surface area contributed by atoms with Gasteiger partial charge in [-0.2, -0.15) is 0 Å². The third kappa shape index (κ3) is 3.97. The second-order valence-corrected chi connectivity index (χ2v) is 8.17. The van der Waals surface area contributed by atoms with Crippen LogP contribution in [0.15, 0.2) is 51.4 Å². The Labute approximate surface area is 171 Å². The molecule has 0 aliphatic carbocycles. The van der Waals surface area contributed by atoms with Crippen LogP contribution in [0.5, 0.6) is 5.75 Å². The van der Waals surface area contributed by atoms with Gasteiger partial charge in [0.05, 0.1) is 16.5 Å². The molecular weight excluding hydrogens is 424 g/mol. The van der Waals surface area contributed by atoms with Gasteiger partial charge in [0.25, 0.3) is 0 Å². The second-order valence-electron chi connectivity index (χ2n) is 7.31.